The summed E-state index contributed by atoms with van der Waals surface area (Å²) in [7, 11) is 0. The molecule has 0 saturated heterocycles. The number of halogens is 2. The fourth-order valence-corrected chi connectivity index (χ4v) is 4.60. The summed E-state index contributed by atoms with van der Waals surface area (Å²) in [6.07, 6.45) is 6.77. The lowest BCUT2D eigenvalue weighted by Crippen LogP contribution is -2.27. The molecule has 0 aliphatic rings. The molecule has 190 valence electrons. The third kappa shape index (κ3) is 5.08. The molecule has 1 aromatic carbocycles. The van der Waals surface area contributed by atoms with Gasteiger partial charge in [0.1, 0.15) is 5.69 Å². The van der Waals surface area contributed by atoms with Crippen LogP contribution in [0.3, 0.4) is 0 Å². The maximum absolute atomic E-state index is 13.2. The van der Waals surface area contributed by atoms with E-state index >= 15 is 0 Å². The van der Waals surface area contributed by atoms with Gasteiger partial charge < -0.3 is 15.2 Å². The number of aliphatic hydroxyl groups excluding tert-OH is 1. The highest BCUT2D eigenvalue weighted by Crippen LogP contribution is 2.34. The van der Waals surface area contributed by atoms with E-state index in [0.29, 0.717) is 33.0 Å². The van der Waals surface area contributed by atoms with E-state index in [1.807, 2.05) is 0 Å². The number of fused-ring (bicyclic) bond motifs is 2. The number of alkyl halides is 2. The molecule has 0 saturated carbocycles. The van der Waals surface area contributed by atoms with Crippen molar-refractivity contribution in [1.29, 1.82) is 0 Å². The lowest BCUT2D eigenvalue weighted by Gasteiger charge is -2.13. The summed E-state index contributed by atoms with van der Waals surface area (Å²) in [5.74, 6) is -0.237. The van der Waals surface area contributed by atoms with Gasteiger partial charge >= 0.3 is 6.61 Å². The Balaban J connectivity index is 1.58. The van der Waals surface area contributed by atoms with Crippen LogP contribution < -0.4 is 10.1 Å². The Labute approximate surface area is 213 Å². The first kappa shape index (κ1) is 24.6. The van der Waals surface area contributed by atoms with Gasteiger partial charge in [0.2, 0.25) is 5.91 Å². The van der Waals surface area contributed by atoms with Crippen LogP contribution in [0.25, 0.3) is 33.5 Å². The Hall–Kier alpha value is -4.10. The van der Waals surface area contributed by atoms with E-state index in [-0.39, 0.29) is 36.2 Å². The van der Waals surface area contributed by atoms with Gasteiger partial charge in [-0.3, -0.25) is 9.78 Å². The predicted octanol–water partition coefficient (Wildman–Crippen LogP) is 3.24. The fourth-order valence-electron chi connectivity index (χ4n) is 3.84. The van der Waals surface area contributed by atoms with Crippen molar-refractivity contribution >= 4 is 34.2 Å². The Morgan fingerprint density at radius 1 is 1.24 bits per heavy atom. The summed E-state index contributed by atoms with van der Waals surface area (Å²) in [5, 5.41) is 21.1. The Kier molecular flexibility index (Phi) is 6.97. The van der Waals surface area contributed by atoms with Gasteiger partial charge in [0.05, 0.1) is 41.0 Å². The van der Waals surface area contributed by atoms with Gasteiger partial charge in [-0.05, 0) is 37.3 Å². The Morgan fingerprint density at radius 2 is 2.11 bits per heavy atom. The molecule has 0 bridgehead atoms. The highest BCUT2D eigenvalue weighted by atomic mass is 32.2. The number of aliphatic hydroxyl groups is 1. The first-order valence-corrected chi connectivity index (χ1v) is 12.2. The molecule has 10 nitrogen and oxygen atoms in total. The molecule has 0 atom stereocenters. The lowest BCUT2D eigenvalue weighted by atomic mass is 10.1. The maximum atomic E-state index is 13.2. The number of benzene rings is 1. The number of nitrogens with one attached hydrogen (secondary N) is 1. The molecule has 0 fully saturated rings. The number of carbonyl (C=O) groups excluding carboxylic acids is 1. The predicted molar refractivity (Wildman–Crippen MR) is 133 cm³/mol. The quantitative estimate of drug-likeness (QED) is 0.282. The van der Waals surface area contributed by atoms with Crippen molar-refractivity contribution in [3.63, 3.8) is 0 Å². The first-order valence-electron chi connectivity index (χ1n) is 11.2. The molecule has 0 spiro atoms. The second-order valence-corrected chi connectivity index (χ2v) is 8.95. The number of aromatic nitrogens is 6. The molecular formula is C24H21F2N7O3S. The fraction of sp³-hybridized carbons (Fsp3) is 0.208. The van der Waals surface area contributed by atoms with E-state index < -0.39 is 6.61 Å². The van der Waals surface area contributed by atoms with Crippen LogP contribution in [-0.4, -0.2) is 65.9 Å². The zero-order valence-electron chi connectivity index (χ0n) is 19.5. The van der Waals surface area contributed by atoms with E-state index in [0.717, 1.165) is 5.39 Å². The molecule has 37 heavy (non-hydrogen) atoms. The van der Waals surface area contributed by atoms with Crippen molar-refractivity contribution in [3.8, 4) is 22.7 Å². The number of thioether (sulfide) groups is 1. The normalized spacial score (nSPS) is 11.5. The van der Waals surface area contributed by atoms with Gasteiger partial charge in [-0.2, -0.15) is 19.0 Å². The second kappa shape index (κ2) is 10.5. The lowest BCUT2D eigenvalue weighted by molar-refractivity contribution is -0.118. The highest BCUT2D eigenvalue weighted by molar-refractivity contribution is 8.00. The number of ether oxygens (including phenoxy) is 1. The Bertz CT molecular complexity index is 1590. The van der Waals surface area contributed by atoms with Crippen LogP contribution in [0.2, 0.25) is 0 Å². The molecule has 13 heteroatoms. The van der Waals surface area contributed by atoms with E-state index in [4.69, 9.17) is 9.84 Å². The van der Waals surface area contributed by atoms with Crippen LogP contribution in [0.4, 0.5) is 8.78 Å². The molecule has 0 aliphatic heterocycles. The van der Waals surface area contributed by atoms with E-state index in [2.05, 4.69) is 25.5 Å². The topological polar surface area (TPSA) is 119 Å². The van der Waals surface area contributed by atoms with Crippen molar-refractivity contribution in [2.75, 3.05) is 18.9 Å². The maximum Gasteiger partial charge on any atom is 0.387 e. The summed E-state index contributed by atoms with van der Waals surface area (Å²) in [6, 6.07) is 8.24. The molecule has 1 amide bonds. The van der Waals surface area contributed by atoms with Gasteiger partial charge in [0.25, 0.3) is 0 Å². The van der Waals surface area contributed by atoms with Gasteiger partial charge in [-0.1, -0.05) is 0 Å². The minimum absolute atomic E-state index is 0.0653. The number of pyridine rings is 1. The molecule has 0 aliphatic carbocycles. The first-order chi connectivity index (χ1) is 17.9. The molecule has 2 N–H and O–H groups in total. The van der Waals surface area contributed by atoms with Gasteiger partial charge in [-0.25, -0.2) is 14.2 Å². The van der Waals surface area contributed by atoms with Crippen LogP contribution in [0.1, 0.15) is 5.69 Å². The smallest absolute Gasteiger partial charge is 0.387 e. The minimum Gasteiger partial charge on any atom is -0.433 e. The van der Waals surface area contributed by atoms with Crippen LogP contribution in [0.15, 0.2) is 60.0 Å². The zero-order chi connectivity index (χ0) is 25.9. The Morgan fingerprint density at radius 3 is 2.92 bits per heavy atom. The van der Waals surface area contributed by atoms with Gasteiger partial charge in [-0.15, -0.1) is 11.8 Å². The molecule has 0 radical (unpaired) electrons. The average Bonchev–Trinajstić information content (AvgIpc) is 3.47. The molecule has 4 heterocycles. The monoisotopic (exact) mass is 525 g/mol. The van der Waals surface area contributed by atoms with E-state index in [1.54, 1.807) is 60.5 Å². The third-order valence-electron chi connectivity index (χ3n) is 5.48. The second-order valence-electron chi connectivity index (χ2n) is 7.90. The molecule has 4 aromatic heterocycles. The van der Waals surface area contributed by atoms with Crippen molar-refractivity contribution in [1.82, 2.24) is 34.7 Å². The molecular weight excluding hydrogens is 504 g/mol. The minimum atomic E-state index is -3.04. The van der Waals surface area contributed by atoms with Crippen LogP contribution in [0, 0.1) is 6.92 Å². The number of hydrogen-bond donors (Lipinski definition) is 2. The van der Waals surface area contributed by atoms with E-state index in [9.17, 15) is 13.6 Å². The van der Waals surface area contributed by atoms with Gasteiger partial charge in [0.15, 0.2) is 11.4 Å². The SMILES string of the molecule is Cc1nn(-c2cc(SCC(=O)NCCO)ccc2OC(F)F)c2cc(-c3cnn4cccnc34)ncc12. The molecule has 5 aromatic rings. The van der Waals surface area contributed by atoms with Crippen molar-refractivity contribution < 1.29 is 23.4 Å². The standard InChI is InChI=1S/C24H21F2N7O3S/c1-14-16-11-29-18(17-12-30-32-7-2-5-28-23(17)32)10-19(16)33(31-14)20-9-15(3-4-21(20)36-24(25)26)37-13-22(35)27-6-8-34/h2-5,7,9-12,24,34H,6,8,13H2,1H3,(H,27,35). The summed E-state index contributed by atoms with van der Waals surface area (Å²) in [5.41, 5.74) is 3.47. The number of carbonyl (C=O) groups is 1. The summed E-state index contributed by atoms with van der Waals surface area (Å²) in [6.45, 7) is -1.24. The van der Waals surface area contributed by atoms with Crippen molar-refractivity contribution in [2.24, 2.45) is 0 Å². The number of aryl methyl sites for hydroxylation is 1. The summed E-state index contributed by atoms with van der Waals surface area (Å²) in [4.78, 5) is 21.6. The average molecular weight is 526 g/mol. The third-order valence-corrected chi connectivity index (χ3v) is 6.48. The zero-order valence-corrected chi connectivity index (χ0v) is 20.3. The van der Waals surface area contributed by atoms with Crippen LogP contribution in [0.5, 0.6) is 5.75 Å². The number of hydrogen-bond acceptors (Lipinski definition) is 8. The number of rotatable bonds is 9. The van der Waals surface area contributed by atoms with Gasteiger partial charge in [0, 0.05) is 35.4 Å². The van der Waals surface area contributed by atoms with Crippen molar-refractivity contribution in [2.45, 2.75) is 18.4 Å². The summed E-state index contributed by atoms with van der Waals surface area (Å²) < 4.78 is 34.5. The van der Waals surface area contributed by atoms with Crippen LogP contribution in [-0.2, 0) is 4.79 Å². The van der Waals surface area contributed by atoms with E-state index in [1.165, 1.54) is 22.5 Å². The summed E-state index contributed by atoms with van der Waals surface area (Å²) >= 11 is 1.22. The largest absolute Gasteiger partial charge is 0.433 e. The van der Waals surface area contributed by atoms with Crippen LogP contribution >= 0.6 is 11.8 Å². The van der Waals surface area contributed by atoms with Crippen molar-refractivity contribution in [3.05, 3.63) is 60.8 Å². The highest BCUT2D eigenvalue weighted by Gasteiger charge is 2.19. The molecule has 0 unspecified atom stereocenters. The number of amides is 1. The molecule has 5 rings (SSSR count). The number of nitrogens with zero attached hydrogens (tertiary/aromatic N) is 6.